The highest BCUT2D eigenvalue weighted by Gasteiger charge is 1.86. The lowest BCUT2D eigenvalue weighted by Crippen LogP contribution is -2.24. The second-order valence-corrected chi connectivity index (χ2v) is 2.32. The Bertz CT molecular complexity index is 87.8. The van der Waals surface area contributed by atoms with E-state index in [1.807, 2.05) is 0 Å². The van der Waals surface area contributed by atoms with Crippen molar-refractivity contribution in [3.8, 4) is 0 Å². The average molecular weight is 159 g/mol. The van der Waals surface area contributed by atoms with Crippen molar-refractivity contribution in [2.24, 2.45) is 5.73 Å². The standard InChI is InChI=1S/C7H17N3O/c8-3-6-9-4-1-2-5-10-7-11/h7,9H,1-6,8H2,(H,10,11). The minimum absolute atomic E-state index is 0.687. The number of nitrogens with one attached hydrogen (secondary N) is 2. The van der Waals surface area contributed by atoms with Crippen LogP contribution < -0.4 is 16.4 Å². The minimum atomic E-state index is 0.687. The summed E-state index contributed by atoms with van der Waals surface area (Å²) in [4.78, 5) is 9.80. The number of hydrogen-bond acceptors (Lipinski definition) is 3. The number of carbonyl (C=O) groups excluding carboxylic acids is 1. The fraction of sp³-hybridized carbons (Fsp3) is 0.857. The SMILES string of the molecule is NCCNCCCCNC=O. The zero-order valence-electron chi connectivity index (χ0n) is 6.81. The maximum Gasteiger partial charge on any atom is 0.207 e. The van der Waals surface area contributed by atoms with Crippen LogP contribution in [0.25, 0.3) is 0 Å². The molecule has 0 fully saturated rings. The monoisotopic (exact) mass is 159 g/mol. The first kappa shape index (κ1) is 10.4. The van der Waals surface area contributed by atoms with Gasteiger partial charge in [-0.05, 0) is 19.4 Å². The summed E-state index contributed by atoms with van der Waals surface area (Å²) in [6.45, 7) is 3.32. The van der Waals surface area contributed by atoms with E-state index in [2.05, 4.69) is 10.6 Å². The quantitative estimate of drug-likeness (QED) is 0.316. The Hall–Kier alpha value is -0.610. The number of amides is 1. The summed E-state index contributed by atoms with van der Waals surface area (Å²) in [7, 11) is 0. The molecule has 66 valence electrons. The molecule has 0 aromatic carbocycles. The summed E-state index contributed by atoms with van der Waals surface area (Å²) >= 11 is 0. The van der Waals surface area contributed by atoms with Gasteiger partial charge in [-0.25, -0.2) is 0 Å². The van der Waals surface area contributed by atoms with E-state index < -0.39 is 0 Å². The molecule has 4 nitrogen and oxygen atoms in total. The van der Waals surface area contributed by atoms with Gasteiger partial charge >= 0.3 is 0 Å². The molecular weight excluding hydrogens is 142 g/mol. The van der Waals surface area contributed by atoms with Gasteiger partial charge in [0.25, 0.3) is 0 Å². The number of carbonyl (C=O) groups is 1. The third-order valence-electron chi connectivity index (χ3n) is 1.33. The lowest BCUT2D eigenvalue weighted by atomic mass is 10.3. The van der Waals surface area contributed by atoms with E-state index in [0.717, 1.165) is 38.9 Å². The van der Waals surface area contributed by atoms with Crippen LogP contribution in [0.15, 0.2) is 0 Å². The van der Waals surface area contributed by atoms with Crippen molar-refractivity contribution in [1.29, 1.82) is 0 Å². The predicted octanol–water partition coefficient (Wildman–Crippen LogP) is -0.939. The van der Waals surface area contributed by atoms with Crippen molar-refractivity contribution in [3.05, 3.63) is 0 Å². The molecule has 0 bridgehead atoms. The maximum atomic E-state index is 9.80. The van der Waals surface area contributed by atoms with Crippen LogP contribution in [0.1, 0.15) is 12.8 Å². The van der Waals surface area contributed by atoms with Gasteiger partial charge < -0.3 is 16.4 Å². The summed E-state index contributed by atoms with van der Waals surface area (Å²) in [5.74, 6) is 0. The molecule has 0 aliphatic rings. The highest BCUT2D eigenvalue weighted by atomic mass is 16.1. The van der Waals surface area contributed by atoms with Gasteiger partial charge in [-0.3, -0.25) is 4.79 Å². The lowest BCUT2D eigenvalue weighted by molar-refractivity contribution is -0.109. The molecule has 0 rings (SSSR count). The molecule has 0 radical (unpaired) electrons. The molecule has 0 saturated heterocycles. The second kappa shape index (κ2) is 9.39. The minimum Gasteiger partial charge on any atom is -0.359 e. The second-order valence-electron chi connectivity index (χ2n) is 2.32. The molecule has 0 aromatic rings. The highest BCUT2D eigenvalue weighted by Crippen LogP contribution is 1.82. The van der Waals surface area contributed by atoms with Crippen molar-refractivity contribution in [3.63, 3.8) is 0 Å². The van der Waals surface area contributed by atoms with Crippen molar-refractivity contribution in [2.45, 2.75) is 12.8 Å². The molecule has 0 aliphatic heterocycles. The van der Waals surface area contributed by atoms with Gasteiger partial charge in [0.15, 0.2) is 0 Å². The van der Waals surface area contributed by atoms with Crippen LogP contribution in [0.5, 0.6) is 0 Å². The van der Waals surface area contributed by atoms with E-state index in [0.29, 0.717) is 6.54 Å². The summed E-state index contributed by atoms with van der Waals surface area (Å²) in [6.07, 6.45) is 2.84. The maximum absolute atomic E-state index is 9.80. The van der Waals surface area contributed by atoms with E-state index in [9.17, 15) is 4.79 Å². The lowest BCUT2D eigenvalue weighted by Gasteiger charge is -2.01. The molecular formula is C7H17N3O. The number of nitrogens with two attached hydrogens (primary N) is 1. The third kappa shape index (κ3) is 9.39. The fourth-order valence-corrected chi connectivity index (χ4v) is 0.763. The normalized spacial score (nSPS) is 9.55. The van der Waals surface area contributed by atoms with Gasteiger partial charge in [0, 0.05) is 19.6 Å². The van der Waals surface area contributed by atoms with Crippen molar-refractivity contribution < 1.29 is 4.79 Å². The first-order valence-corrected chi connectivity index (χ1v) is 3.99. The van der Waals surface area contributed by atoms with Crippen molar-refractivity contribution in [2.75, 3.05) is 26.2 Å². The molecule has 0 aliphatic carbocycles. The molecule has 0 saturated carbocycles. The van der Waals surface area contributed by atoms with E-state index in [-0.39, 0.29) is 0 Å². The van der Waals surface area contributed by atoms with Crippen LogP contribution in [-0.2, 0) is 4.79 Å². The Morgan fingerprint density at radius 2 is 1.91 bits per heavy atom. The average Bonchev–Trinajstić information content (AvgIpc) is 2.03. The summed E-state index contributed by atoms with van der Waals surface area (Å²) in [5.41, 5.74) is 5.27. The van der Waals surface area contributed by atoms with Crippen LogP contribution in [-0.4, -0.2) is 32.6 Å². The molecule has 0 aromatic heterocycles. The van der Waals surface area contributed by atoms with Crippen LogP contribution >= 0.6 is 0 Å². The topological polar surface area (TPSA) is 67.2 Å². The molecule has 4 N–H and O–H groups in total. The van der Waals surface area contributed by atoms with Crippen molar-refractivity contribution in [1.82, 2.24) is 10.6 Å². The summed E-state index contributed by atoms with van der Waals surface area (Å²) in [5, 5.41) is 5.78. The Morgan fingerprint density at radius 1 is 1.18 bits per heavy atom. The highest BCUT2D eigenvalue weighted by molar-refractivity contribution is 5.45. The van der Waals surface area contributed by atoms with Crippen LogP contribution in [0.3, 0.4) is 0 Å². The van der Waals surface area contributed by atoms with Crippen LogP contribution in [0.2, 0.25) is 0 Å². The van der Waals surface area contributed by atoms with Crippen molar-refractivity contribution >= 4 is 6.41 Å². The molecule has 0 spiro atoms. The molecule has 4 heteroatoms. The first-order valence-electron chi connectivity index (χ1n) is 3.99. The zero-order valence-corrected chi connectivity index (χ0v) is 6.81. The van der Waals surface area contributed by atoms with Gasteiger partial charge in [0.2, 0.25) is 6.41 Å². The van der Waals surface area contributed by atoms with Gasteiger partial charge in [-0.1, -0.05) is 0 Å². The Labute approximate surface area is 67.5 Å². The third-order valence-corrected chi connectivity index (χ3v) is 1.33. The van der Waals surface area contributed by atoms with E-state index in [1.54, 1.807) is 0 Å². The molecule has 0 unspecified atom stereocenters. The Kier molecular flexibility index (Phi) is 8.87. The smallest absolute Gasteiger partial charge is 0.207 e. The fourth-order valence-electron chi connectivity index (χ4n) is 0.763. The summed E-state index contributed by atoms with van der Waals surface area (Å²) < 4.78 is 0. The molecule has 11 heavy (non-hydrogen) atoms. The van der Waals surface area contributed by atoms with Crippen LogP contribution in [0.4, 0.5) is 0 Å². The van der Waals surface area contributed by atoms with Gasteiger partial charge in [-0.15, -0.1) is 0 Å². The zero-order chi connectivity index (χ0) is 8.36. The number of hydrogen-bond donors (Lipinski definition) is 3. The summed E-state index contributed by atoms with van der Waals surface area (Å²) in [6, 6.07) is 0. The van der Waals surface area contributed by atoms with E-state index >= 15 is 0 Å². The molecule has 0 atom stereocenters. The van der Waals surface area contributed by atoms with Gasteiger partial charge in [-0.2, -0.15) is 0 Å². The first-order chi connectivity index (χ1) is 5.41. The Morgan fingerprint density at radius 3 is 2.55 bits per heavy atom. The largest absolute Gasteiger partial charge is 0.359 e. The predicted molar refractivity (Wildman–Crippen MR) is 45.2 cm³/mol. The van der Waals surface area contributed by atoms with E-state index in [1.165, 1.54) is 0 Å². The van der Waals surface area contributed by atoms with Gasteiger partial charge in [0.05, 0.1) is 0 Å². The molecule has 0 heterocycles. The van der Waals surface area contributed by atoms with Crippen LogP contribution in [0, 0.1) is 0 Å². The number of rotatable bonds is 8. The molecule has 1 amide bonds. The number of unbranched alkanes of at least 4 members (excludes halogenated alkanes) is 1. The van der Waals surface area contributed by atoms with E-state index in [4.69, 9.17) is 5.73 Å². The van der Waals surface area contributed by atoms with Gasteiger partial charge in [0.1, 0.15) is 0 Å². The Balaban J connectivity index is 2.74.